The number of aromatic nitrogens is 2. The number of imidazole rings is 1. The summed E-state index contributed by atoms with van der Waals surface area (Å²) in [5.41, 5.74) is 0. The molecule has 0 amide bonds. The van der Waals surface area contributed by atoms with Gasteiger partial charge < -0.3 is 51.8 Å². The largest absolute Gasteiger partial charge is 0.673 e. The van der Waals surface area contributed by atoms with E-state index in [9.17, 15) is 65.0 Å². The van der Waals surface area contributed by atoms with E-state index >= 15 is 0 Å². The predicted octanol–water partition coefficient (Wildman–Crippen LogP) is 6.19. The molecule has 0 aliphatic heterocycles. The molecule has 178 valence electrons. The van der Waals surface area contributed by atoms with Crippen LogP contribution in [0.3, 0.4) is 0 Å². The van der Waals surface area contributed by atoms with Crippen molar-refractivity contribution in [1.29, 1.82) is 0 Å². The van der Waals surface area contributed by atoms with Gasteiger partial charge in [-0.05, 0) is 6.42 Å². The van der Waals surface area contributed by atoms with Crippen molar-refractivity contribution in [1.82, 2.24) is 4.57 Å². The van der Waals surface area contributed by atoms with Crippen molar-refractivity contribution < 1.29 is 69.5 Å². The van der Waals surface area contributed by atoms with Crippen LogP contribution in [0.4, 0.5) is 65.0 Å². The maximum Gasteiger partial charge on any atom is 0.673 e. The Bertz CT molecular complexity index is 422. The Morgan fingerprint density at radius 2 is 1.03 bits per heavy atom. The summed E-state index contributed by atoms with van der Waals surface area (Å²) in [6.07, 6.45) is 8.82. The summed E-state index contributed by atoms with van der Waals surface area (Å²) in [4.78, 5) is 0. The number of halogens is 15. The molecular formula is C9H16B3F15N2-2. The number of unbranched alkanes of at least 4 members (excludes halogenated alkanes) is 1. The number of alkyl halides is 3. The summed E-state index contributed by atoms with van der Waals surface area (Å²) in [6.45, 7) is -0.305. The van der Waals surface area contributed by atoms with E-state index in [0.29, 0.717) is 0 Å². The van der Waals surface area contributed by atoms with Crippen LogP contribution >= 0.6 is 0 Å². The highest BCUT2D eigenvalue weighted by molar-refractivity contribution is 6.50. The van der Waals surface area contributed by atoms with E-state index in [1.807, 2.05) is 7.05 Å². The molecule has 0 N–H and O–H groups in total. The van der Waals surface area contributed by atoms with Crippen molar-refractivity contribution in [3.8, 4) is 0 Å². The summed E-state index contributed by atoms with van der Waals surface area (Å²) in [5, 5.41) is 0. The fourth-order valence-electron chi connectivity index (χ4n) is 0.975. The molecule has 0 saturated heterocycles. The van der Waals surface area contributed by atoms with E-state index in [4.69, 9.17) is 0 Å². The zero-order chi connectivity index (χ0) is 24.5. The second kappa shape index (κ2) is 17.2. The fourth-order valence-corrected chi connectivity index (χ4v) is 0.975. The van der Waals surface area contributed by atoms with Crippen LogP contribution in [0.25, 0.3) is 0 Å². The topological polar surface area (TPSA) is 8.81 Å². The van der Waals surface area contributed by atoms with Gasteiger partial charge in [0.05, 0.1) is 13.6 Å². The Morgan fingerprint density at radius 1 is 0.759 bits per heavy atom. The van der Waals surface area contributed by atoms with Gasteiger partial charge in [0, 0.05) is 0 Å². The van der Waals surface area contributed by atoms with Gasteiger partial charge in [-0.1, -0.05) is 13.3 Å². The molecule has 0 aliphatic carbocycles. The highest BCUT2D eigenvalue weighted by atomic mass is 19.5. The third-order valence-electron chi connectivity index (χ3n) is 1.59. The SMILES string of the molecule is CCCCn1cc[n+](C)c1.FC(F)F.F[B-](F)(F)F.F[B-](F)(F)F.F[B-](F)(F)F. The van der Waals surface area contributed by atoms with Crippen molar-refractivity contribution in [3.05, 3.63) is 18.7 Å². The van der Waals surface area contributed by atoms with E-state index in [1.165, 1.54) is 12.8 Å². The maximum absolute atomic E-state index is 9.75. The number of hydrogen-bond donors (Lipinski definition) is 0. The summed E-state index contributed by atoms with van der Waals surface area (Å²) >= 11 is 0. The van der Waals surface area contributed by atoms with Gasteiger partial charge in [-0.2, -0.15) is 13.2 Å². The Balaban J connectivity index is -0.000000143. The molecule has 0 fully saturated rings. The van der Waals surface area contributed by atoms with Gasteiger partial charge in [-0.25, -0.2) is 9.13 Å². The van der Waals surface area contributed by atoms with Crippen molar-refractivity contribution in [2.45, 2.75) is 33.0 Å². The van der Waals surface area contributed by atoms with Gasteiger partial charge in [0.1, 0.15) is 12.4 Å². The maximum atomic E-state index is 9.75. The summed E-state index contributed by atoms with van der Waals surface area (Å²) in [7, 11) is -16.0. The lowest BCUT2D eigenvalue weighted by atomic mass is 10.3. The third-order valence-corrected chi connectivity index (χ3v) is 1.59. The minimum absolute atomic E-state index is 1.15. The molecule has 1 heterocycles. The first kappa shape index (κ1) is 34.8. The van der Waals surface area contributed by atoms with E-state index in [1.54, 1.807) is 0 Å². The highest BCUT2D eigenvalue weighted by Crippen LogP contribution is 2.07. The molecule has 0 aliphatic rings. The van der Waals surface area contributed by atoms with Gasteiger partial charge in [-0.15, -0.1) is 0 Å². The van der Waals surface area contributed by atoms with Gasteiger partial charge in [0.15, 0.2) is 0 Å². The Kier molecular flexibility index (Phi) is 20.7. The van der Waals surface area contributed by atoms with Crippen LogP contribution in [0.1, 0.15) is 19.8 Å². The van der Waals surface area contributed by atoms with Crippen LogP contribution in [0, 0.1) is 0 Å². The van der Waals surface area contributed by atoms with Gasteiger partial charge in [0.25, 0.3) is 0 Å². The molecule has 20 heteroatoms. The number of hydrogen-bond acceptors (Lipinski definition) is 0. The van der Waals surface area contributed by atoms with Crippen molar-refractivity contribution in [2.75, 3.05) is 0 Å². The molecule has 0 saturated carbocycles. The number of rotatable bonds is 3. The molecule has 0 unspecified atom stereocenters. The van der Waals surface area contributed by atoms with Gasteiger partial charge in [0.2, 0.25) is 6.33 Å². The predicted molar refractivity (Wildman–Crippen MR) is 78.2 cm³/mol. The van der Waals surface area contributed by atoms with E-state index < -0.39 is 28.4 Å². The van der Waals surface area contributed by atoms with Gasteiger partial charge >= 0.3 is 28.4 Å². The van der Waals surface area contributed by atoms with Crippen molar-refractivity contribution in [3.63, 3.8) is 0 Å². The standard InChI is InChI=1S/C8H15N2.CHF3.3BF4/c1-3-4-5-10-7-6-9(2)8-10;2-1(3)4;3*2-1(3,4)5/h6-8H,3-5H2,1-2H3;1H;;;/q+1;;3*-1. The number of aryl methyl sites for hydroxylation is 2. The second-order valence-electron chi connectivity index (χ2n) is 4.40. The molecule has 0 bridgehead atoms. The highest BCUT2D eigenvalue weighted by Gasteiger charge is 2.21. The summed E-state index contributed by atoms with van der Waals surface area (Å²) < 4.78 is 150. The summed E-state index contributed by atoms with van der Waals surface area (Å²) in [5.74, 6) is 0. The smallest absolute Gasteiger partial charge is 0.418 e. The molecule has 0 atom stereocenters. The van der Waals surface area contributed by atoms with Crippen LogP contribution in [0.15, 0.2) is 18.7 Å². The van der Waals surface area contributed by atoms with E-state index in [-0.39, 0.29) is 0 Å². The van der Waals surface area contributed by atoms with Crippen molar-refractivity contribution >= 4 is 21.8 Å². The zero-order valence-electron chi connectivity index (χ0n) is 14.7. The lowest BCUT2D eigenvalue weighted by Crippen LogP contribution is -2.23. The molecule has 0 radical (unpaired) electrons. The van der Waals surface area contributed by atoms with Crippen LogP contribution in [0.5, 0.6) is 0 Å². The zero-order valence-corrected chi connectivity index (χ0v) is 14.7. The first-order valence-corrected chi connectivity index (χ1v) is 7.11. The monoisotopic (exact) mass is 470 g/mol. The van der Waals surface area contributed by atoms with Crippen LogP contribution < -0.4 is 4.57 Å². The Labute approximate surface area is 156 Å². The van der Waals surface area contributed by atoms with Gasteiger partial charge in [-0.3, -0.25) is 0 Å². The molecule has 0 spiro atoms. The second-order valence-corrected chi connectivity index (χ2v) is 4.40. The fraction of sp³-hybridized carbons (Fsp3) is 0.667. The lowest BCUT2D eigenvalue weighted by molar-refractivity contribution is -0.671. The summed E-state index contributed by atoms with van der Waals surface area (Å²) in [6, 6.07) is 0. The quantitative estimate of drug-likeness (QED) is 0.284. The molecule has 1 aromatic heterocycles. The first-order valence-electron chi connectivity index (χ1n) is 7.11. The molecule has 0 aromatic carbocycles. The Morgan fingerprint density at radius 3 is 1.21 bits per heavy atom. The molecule has 2 nitrogen and oxygen atoms in total. The lowest BCUT2D eigenvalue weighted by Gasteiger charge is -1.94. The first-order chi connectivity index (χ1) is 12.6. The average Bonchev–Trinajstić information content (AvgIpc) is 2.75. The van der Waals surface area contributed by atoms with Crippen LogP contribution in [-0.4, -0.2) is 33.0 Å². The third kappa shape index (κ3) is 121. The van der Waals surface area contributed by atoms with E-state index in [2.05, 4.69) is 34.8 Å². The van der Waals surface area contributed by atoms with E-state index in [0.717, 1.165) is 6.54 Å². The minimum Gasteiger partial charge on any atom is -0.418 e. The Hall–Kier alpha value is -1.65. The van der Waals surface area contributed by atoms with Crippen LogP contribution in [0.2, 0.25) is 0 Å². The molecule has 29 heavy (non-hydrogen) atoms. The molecule has 1 aromatic rings. The molecule has 1 rings (SSSR count). The minimum atomic E-state index is -6.00. The number of nitrogens with zero attached hydrogens (tertiary/aromatic N) is 2. The van der Waals surface area contributed by atoms with Crippen LogP contribution in [-0.2, 0) is 13.6 Å². The normalized spacial score (nSPS) is 11.0. The average molecular weight is 470 g/mol. The van der Waals surface area contributed by atoms with Crippen molar-refractivity contribution in [2.24, 2.45) is 7.05 Å². The molecular weight excluding hydrogens is 454 g/mol.